The zero-order valence-corrected chi connectivity index (χ0v) is 12.6. The highest BCUT2D eigenvalue weighted by Crippen LogP contribution is 2.30. The zero-order chi connectivity index (χ0) is 15.0. The molecule has 1 atom stereocenters. The Balaban J connectivity index is 1.85. The van der Waals surface area contributed by atoms with Gasteiger partial charge in [0.25, 0.3) is 0 Å². The molecule has 1 aromatic carbocycles. The third-order valence-corrected chi connectivity index (χ3v) is 5.41. The quantitative estimate of drug-likeness (QED) is 0.890. The summed E-state index contributed by atoms with van der Waals surface area (Å²) in [6.45, 7) is 3.13. The monoisotopic (exact) mass is 310 g/mol. The Kier molecular flexibility index (Phi) is 3.73. The second-order valence-corrected chi connectivity index (χ2v) is 7.11. The fourth-order valence-corrected chi connectivity index (χ4v) is 4.09. The van der Waals surface area contributed by atoms with Crippen LogP contribution in [0.1, 0.15) is 18.9 Å². The molecule has 1 fully saturated rings. The van der Waals surface area contributed by atoms with Crippen LogP contribution in [0.25, 0.3) is 0 Å². The molecular formula is C14H18N2O4S. The minimum atomic E-state index is -3.54. The molecule has 0 saturated carbocycles. The maximum Gasteiger partial charge on any atom is 0.240 e. The Morgan fingerprint density at radius 2 is 2.24 bits per heavy atom. The Morgan fingerprint density at radius 1 is 1.43 bits per heavy atom. The summed E-state index contributed by atoms with van der Waals surface area (Å²) in [6, 6.07) is 4.77. The second kappa shape index (κ2) is 5.40. The normalized spacial score (nSPS) is 21.6. The summed E-state index contributed by atoms with van der Waals surface area (Å²) in [6.07, 6.45) is 1.38. The lowest BCUT2D eigenvalue weighted by Gasteiger charge is -2.15. The first-order valence-electron chi connectivity index (χ1n) is 6.98. The van der Waals surface area contributed by atoms with Crippen molar-refractivity contribution >= 4 is 21.6 Å². The molecule has 114 valence electrons. The van der Waals surface area contributed by atoms with Crippen LogP contribution in [0.2, 0.25) is 0 Å². The van der Waals surface area contributed by atoms with Gasteiger partial charge in [-0.1, -0.05) is 0 Å². The number of ether oxygens (including phenoxy) is 1. The Labute approximate surface area is 124 Å². The van der Waals surface area contributed by atoms with E-state index in [1.54, 1.807) is 23.1 Å². The number of anilines is 1. The van der Waals surface area contributed by atoms with E-state index in [1.807, 2.05) is 0 Å². The van der Waals surface area contributed by atoms with Crippen LogP contribution in [0.5, 0.6) is 0 Å². The lowest BCUT2D eigenvalue weighted by Crippen LogP contribution is -2.35. The van der Waals surface area contributed by atoms with E-state index in [4.69, 9.17) is 4.74 Å². The molecule has 2 aliphatic heterocycles. The molecular weight excluding hydrogens is 292 g/mol. The van der Waals surface area contributed by atoms with Crippen molar-refractivity contribution < 1.29 is 17.9 Å². The van der Waals surface area contributed by atoms with E-state index in [1.165, 1.54) is 6.92 Å². The number of rotatable bonds is 3. The molecule has 2 heterocycles. The zero-order valence-electron chi connectivity index (χ0n) is 11.8. The molecule has 1 saturated heterocycles. The van der Waals surface area contributed by atoms with Crippen molar-refractivity contribution in [2.45, 2.75) is 30.7 Å². The number of sulfonamides is 1. The average Bonchev–Trinajstić information content (AvgIpc) is 3.05. The number of hydrogen-bond donors (Lipinski definition) is 1. The number of benzene rings is 1. The predicted molar refractivity (Wildman–Crippen MR) is 77.7 cm³/mol. The first-order valence-corrected chi connectivity index (χ1v) is 8.47. The topological polar surface area (TPSA) is 75.7 Å². The van der Waals surface area contributed by atoms with Gasteiger partial charge in [0.1, 0.15) is 0 Å². The van der Waals surface area contributed by atoms with E-state index >= 15 is 0 Å². The molecule has 1 unspecified atom stereocenters. The van der Waals surface area contributed by atoms with Gasteiger partial charge in [0.15, 0.2) is 0 Å². The first kappa shape index (κ1) is 14.5. The van der Waals surface area contributed by atoms with Crippen LogP contribution < -0.4 is 9.62 Å². The van der Waals surface area contributed by atoms with Gasteiger partial charge in [0, 0.05) is 31.8 Å². The number of nitrogens with zero attached hydrogens (tertiary/aromatic N) is 1. The van der Waals surface area contributed by atoms with E-state index in [2.05, 4.69) is 4.72 Å². The molecule has 0 spiro atoms. The summed E-state index contributed by atoms with van der Waals surface area (Å²) < 4.78 is 32.6. The van der Waals surface area contributed by atoms with Crippen molar-refractivity contribution in [2.75, 3.05) is 24.7 Å². The molecule has 0 aromatic heterocycles. The molecule has 6 nitrogen and oxygen atoms in total. The maximum atomic E-state index is 12.4. The molecule has 0 radical (unpaired) electrons. The van der Waals surface area contributed by atoms with Crippen LogP contribution in [0.4, 0.5) is 5.69 Å². The molecule has 0 aliphatic carbocycles. The number of fused-ring (bicyclic) bond motifs is 1. The fraction of sp³-hybridized carbons (Fsp3) is 0.500. The summed E-state index contributed by atoms with van der Waals surface area (Å²) in [5, 5.41) is 0. The van der Waals surface area contributed by atoms with Gasteiger partial charge < -0.3 is 9.64 Å². The van der Waals surface area contributed by atoms with Gasteiger partial charge in [0.05, 0.1) is 11.5 Å². The van der Waals surface area contributed by atoms with E-state index in [0.29, 0.717) is 32.6 Å². The highest BCUT2D eigenvalue weighted by Gasteiger charge is 2.27. The third kappa shape index (κ3) is 2.81. The van der Waals surface area contributed by atoms with Gasteiger partial charge in [-0.05, 0) is 36.6 Å². The SMILES string of the molecule is CC(=O)N1CCc2cc(S(=O)(=O)NC3CCOC3)ccc21. The summed E-state index contributed by atoms with van der Waals surface area (Å²) in [5.41, 5.74) is 1.71. The Bertz CT molecular complexity index is 666. The first-order chi connectivity index (χ1) is 9.97. The van der Waals surface area contributed by atoms with E-state index in [-0.39, 0.29) is 16.8 Å². The highest BCUT2D eigenvalue weighted by molar-refractivity contribution is 7.89. The molecule has 7 heteroatoms. The second-order valence-electron chi connectivity index (χ2n) is 5.39. The van der Waals surface area contributed by atoms with Crippen LogP contribution in [-0.2, 0) is 26.0 Å². The van der Waals surface area contributed by atoms with E-state index in [9.17, 15) is 13.2 Å². The summed E-state index contributed by atoms with van der Waals surface area (Å²) >= 11 is 0. The standard InChI is InChI=1S/C14H18N2O4S/c1-10(17)16-6-4-11-8-13(2-3-14(11)16)21(18,19)15-12-5-7-20-9-12/h2-3,8,12,15H,4-7,9H2,1H3. The van der Waals surface area contributed by atoms with Crippen molar-refractivity contribution in [1.29, 1.82) is 0 Å². The van der Waals surface area contributed by atoms with Crippen LogP contribution >= 0.6 is 0 Å². The van der Waals surface area contributed by atoms with Gasteiger partial charge >= 0.3 is 0 Å². The third-order valence-electron chi connectivity index (χ3n) is 3.89. The number of nitrogens with one attached hydrogen (secondary N) is 1. The largest absolute Gasteiger partial charge is 0.380 e. The number of amides is 1. The predicted octanol–water partition coefficient (Wildman–Crippen LogP) is 0.663. The molecule has 2 aliphatic rings. The van der Waals surface area contributed by atoms with Crippen LogP contribution in [0.15, 0.2) is 23.1 Å². The molecule has 0 bridgehead atoms. The van der Waals surface area contributed by atoms with Gasteiger partial charge in [-0.2, -0.15) is 0 Å². The number of hydrogen-bond acceptors (Lipinski definition) is 4. The minimum absolute atomic E-state index is 0.0226. The van der Waals surface area contributed by atoms with Gasteiger partial charge in [-0.3, -0.25) is 4.79 Å². The van der Waals surface area contributed by atoms with Crippen LogP contribution in [0.3, 0.4) is 0 Å². The average molecular weight is 310 g/mol. The lowest BCUT2D eigenvalue weighted by molar-refractivity contribution is -0.116. The highest BCUT2D eigenvalue weighted by atomic mass is 32.2. The summed E-state index contributed by atoms with van der Waals surface area (Å²) in [7, 11) is -3.54. The Hall–Kier alpha value is -1.44. The van der Waals surface area contributed by atoms with Crippen molar-refractivity contribution in [3.05, 3.63) is 23.8 Å². The van der Waals surface area contributed by atoms with Gasteiger partial charge in [0.2, 0.25) is 15.9 Å². The molecule has 3 rings (SSSR count). The summed E-state index contributed by atoms with van der Waals surface area (Å²) in [5.74, 6) is -0.0226. The van der Waals surface area contributed by atoms with Crippen molar-refractivity contribution in [3.8, 4) is 0 Å². The van der Waals surface area contributed by atoms with Crippen molar-refractivity contribution in [1.82, 2.24) is 4.72 Å². The molecule has 1 amide bonds. The smallest absolute Gasteiger partial charge is 0.240 e. The molecule has 1 aromatic rings. The van der Waals surface area contributed by atoms with E-state index < -0.39 is 10.0 Å². The Morgan fingerprint density at radius 3 is 2.90 bits per heavy atom. The van der Waals surface area contributed by atoms with Gasteiger partial charge in [-0.25, -0.2) is 13.1 Å². The fourth-order valence-electron chi connectivity index (χ4n) is 2.79. The van der Waals surface area contributed by atoms with E-state index in [0.717, 1.165) is 11.3 Å². The molecule has 21 heavy (non-hydrogen) atoms. The maximum absolute atomic E-state index is 12.4. The number of carbonyl (C=O) groups excluding carboxylic acids is 1. The molecule has 1 N–H and O–H groups in total. The van der Waals surface area contributed by atoms with Crippen molar-refractivity contribution in [3.63, 3.8) is 0 Å². The summed E-state index contributed by atoms with van der Waals surface area (Å²) in [4.78, 5) is 13.4. The lowest BCUT2D eigenvalue weighted by atomic mass is 10.2. The minimum Gasteiger partial charge on any atom is -0.380 e. The van der Waals surface area contributed by atoms with Crippen LogP contribution in [-0.4, -0.2) is 40.1 Å². The van der Waals surface area contributed by atoms with Gasteiger partial charge in [-0.15, -0.1) is 0 Å². The van der Waals surface area contributed by atoms with Crippen molar-refractivity contribution in [2.24, 2.45) is 0 Å². The number of carbonyl (C=O) groups is 1. The van der Waals surface area contributed by atoms with Crippen LogP contribution in [0, 0.1) is 0 Å².